The number of amidine groups is 1. The number of pyridine rings is 1. The summed E-state index contributed by atoms with van der Waals surface area (Å²) in [6.45, 7) is 5.05. The molecular weight excluding hydrogens is 359 g/mol. The van der Waals surface area contributed by atoms with E-state index in [4.69, 9.17) is 4.99 Å². The maximum absolute atomic E-state index is 15.0. The lowest BCUT2D eigenvalue weighted by molar-refractivity contribution is 0.320. The van der Waals surface area contributed by atoms with Crippen molar-refractivity contribution in [3.8, 4) is 0 Å². The van der Waals surface area contributed by atoms with Gasteiger partial charge in [-0.3, -0.25) is 9.98 Å². The zero-order chi connectivity index (χ0) is 18.4. The fraction of sp³-hybridized carbons (Fsp3) is 0.429. The Bertz CT molecular complexity index is 866. The highest BCUT2D eigenvalue weighted by Crippen LogP contribution is 2.47. The molecule has 4 nitrogen and oxygen atoms in total. The van der Waals surface area contributed by atoms with Crippen LogP contribution in [-0.4, -0.2) is 39.9 Å². The number of aromatic nitrogens is 1. The van der Waals surface area contributed by atoms with Crippen LogP contribution in [0.3, 0.4) is 0 Å². The standard InChI is InChI=1S/C21H23FN4S/c1-14-13-26-20(19(24-21(26)27-14)17-6-2-3-9-23-17)15-7-8-18(16(22)12-15)25-10-4-5-11-25/h2-3,6-9,12,14,19-20H,4-5,10-11,13H2,1H3/t14-,19-,20-/m0/s1. The summed E-state index contributed by atoms with van der Waals surface area (Å²) in [5.41, 5.74) is 2.66. The van der Waals surface area contributed by atoms with Gasteiger partial charge in [0, 0.05) is 31.1 Å². The Hall–Kier alpha value is -2.08. The predicted molar refractivity (Wildman–Crippen MR) is 109 cm³/mol. The predicted octanol–water partition coefficient (Wildman–Crippen LogP) is 4.41. The van der Waals surface area contributed by atoms with Crippen LogP contribution in [0.1, 0.15) is 43.1 Å². The first-order valence-electron chi connectivity index (χ1n) is 9.67. The molecular formula is C21H23FN4S. The summed E-state index contributed by atoms with van der Waals surface area (Å²) in [5.74, 6) is -0.123. The average molecular weight is 383 g/mol. The molecule has 4 heterocycles. The van der Waals surface area contributed by atoms with E-state index in [9.17, 15) is 4.39 Å². The van der Waals surface area contributed by atoms with Crippen LogP contribution < -0.4 is 4.90 Å². The minimum Gasteiger partial charge on any atom is -0.369 e. The van der Waals surface area contributed by atoms with E-state index in [0.29, 0.717) is 5.25 Å². The molecule has 0 spiro atoms. The number of thioether (sulfide) groups is 1. The molecule has 0 saturated carbocycles. The normalized spacial score (nSPS) is 27.2. The Balaban J connectivity index is 1.52. The van der Waals surface area contributed by atoms with Crippen molar-refractivity contribution in [2.45, 2.75) is 37.1 Å². The molecule has 5 rings (SSSR count). The monoisotopic (exact) mass is 382 g/mol. The summed E-state index contributed by atoms with van der Waals surface area (Å²) in [5, 5.41) is 1.57. The second-order valence-corrected chi connectivity index (χ2v) is 8.95. The van der Waals surface area contributed by atoms with Gasteiger partial charge in [-0.15, -0.1) is 0 Å². The highest BCUT2D eigenvalue weighted by molar-refractivity contribution is 8.14. The smallest absolute Gasteiger partial charge is 0.160 e. The lowest BCUT2D eigenvalue weighted by atomic mass is 9.96. The average Bonchev–Trinajstić information content (AvgIpc) is 3.38. The third-order valence-electron chi connectivity index (χ3n) is 5.64. The Morgan fingerprint density at radius 3 is 2.74 bits per heavy atom. The summed E-state index contributed by atoms with van der Waals surface area (Å²) >= 11 is 1.81. The second kappa shape index (κ2) is 6.82. The number of rotatable bonds is 3. The van der Waals surface area contributed by atoms with Gasteiger partial charge >= 0.3 is 0 Å². The first kappa shape index (κ1) is 17.0. The highest BCUT2D eigenvalue weighted by Gasteiger charge is 2.43. The van der Waals surface area contributed by atoms with Crippen LogP contribution in [0.25, 0.3) is 0 Å². The molecule has 140 valence electrons. The molecule has 0 amide bonds. The summed E-state index contributed by atoms with van der Waals surface area (Å²) in [6, 6.07) is 11.6. The van der Waals surface area contributed by atoms with Gasteiger partial charge in [0.1, 0.15) is 11.9 Å². The van der Waals surface area contributed by atoms with Crippen molar-refractivity contribution in [2.75, 3.05) is 24.5 Å². The summed E-state index contributed by atoms with van der Waals surface area (Å²) < 4.78 is 15.0. The van der Waals surface area contributed by atoms with Gasteiger partial charge in [0.2, 0.25) is 0 Å². The summed E-state index contributed by atoms with van der Waals surface area (Å²) in [7, 11) is 0. The molecule has 2 fully saturated rings. The summed E-state index contributed by atoms with van der Waals surface area (Å²) in [6.07, 6.45) is 4.10. The first-order valence-corrected chi connectivity index (χ1v) is 10.5. The third-order valence-corrected chi connectivity index (χ3v) is 6.74. The molecule has 1 aromatic carbocycles. The number of halogens is 1. The highest BCUT2D eigenvalue weighted by atomic mass is 32.2. The number of anilines is 1. The minimum absolute atomic E-state index is 0.00878. The Kier molecular flexibility index (Phi) is 4.31. The van der Waals surface area contributed by atoms with Crippen LogP contribution in [0.5, 0.6) is 0 Å². The molecule has 6 heteroatoms. The van der Waals surface area contributed by atoms with E-state index in [1.54, 1.807) is 17.8 Å². The Morgan fingerprint density at radius 2 is 2.00 bits per heavy atom. The van der Waals surface area contributed by atoms with Gasteiger partial charge in [-0.25, -0.2) is 4.39 Å². The molecule has 0 bridgehead atoms. The number of fused-ring (bicyclic) bond motifs is 1. The van der Waals surface area contributed by atoms with Crippen molar-refractivity contribution in [1.82, 2.24) is 9.88 Å². The SMILES string of the molecule is C[C@H]1CN2C(=N[C@@H](c3ccccn3)[C@@H]2c2ccc(N3CCCC3)c(F)c2)S1. The largest absolute Gasteiger partial charge is 0.369 e. The number of hydrogen-bond acceptors (Lipinski definition) is 5. The van der Waals surface area contributed by atoms with E-state index in [0.717, 1.165) is 54.6 Å². The zero-order valence-corrected chi connectivity index (χ0v) is 16.2. The van der Waals surface area contributed by atoms with Crippen molar-refractivity contribution in [3.05, 3.63) is 59.7 Å². The molecule has 3 aliphatic heterocycles. The van der Waals surface area contributed by atoms with Crippen molar-refractivity contribution < 1.29 is 4.39 Å². The fourth-order valence-corrected chi connectivity index (χ4v) is 5.49. The number of benzene rings is 1. The zero-order valence-electron chi connectivity index (χ0n) is 15.4. The van der Waals surface area contributed by atoms with Crippen molar-refractivity contribution in [1.29, 1.82) is 0 Å². The molecule has 3 aliphatic rings. The van der Waals surface area contributed by atoms with Gasteiger partial charge in [0.15, 0.2) is 5.17 Å². The Morgan fingerprint density at radius 1 is 1.15 bits per heavy atom. The molecule has 0 unspecified atom stereocenters. The van der Waals surface area contributed by atoms with E-state index in [-0.39, 0.29) is 17.9 Å². The van der Waals surface area contributed by atoms with E-state index in [1.165, 1.54) is 0 Å². The number of nitrogens with zero attached hydrogens (tertiary/aromatic N) is 4. The van der Waals surface area contributed by atoms with Crippen LogP contribution in [0, 0.1) is 5.82 Å². The lowest BCUT2D eigenvalue weighted by Crippen LogP contribution is -2.29. The quantitative estimate of drug-likeness (QED) is 0.787. The van der Waals surface area contributed by atoms with Gasteiger partial charge in [-0.2, -0.15) is 0 Å². The van der Waals surface area contributed by atoms with E-state index in [1.807, 2.05) is 30.5 Å². The van der Waals surface area contributed by atoms with Gasteiger partial charge in [0.25, 0.3) is 0 Å². The third kappa shape index (κ3) is 3.00. The maximum Gasteiger partial charge on any atom is 0.160 e. The Labute approximate surface area is 163 Å². The van der Waals surface area contributed by atoms with E-state index < -0.39 is 0 Å². The molecule has 0 N–H and O–H groups in total. The number of aliphatic imine (C=N–C) groups is 1. The lowest BCUT2D eigenvalue weighted by Gasteiger charge is -2.28. The molecule has 0 radical (unpaired) electrons. The van der Waals surface area contributed by atoms with Gasteiger partial charge in [-0.05, 0) is 42.7 Å². The first-order chi connectivity index (χ1) is 13.2. The molecule has 2 aromatic rings. The van der Waals surface area contributed by atoms with Crippen LogP contribution in [0.4, 0.5) is 10.1 Å². The maximum atomic E-state index is 15.0. The second-order valence-electron chi connectivity index (χ2n) is 7.54. The van der Waals surface area contributed by atoms with Crippen LogP contribution in [-0.2, 0) is 0 Å². The van der Waals surface area contributed by atoms with Gasteiger partial charge in [0.05, 0.1) is 17.4 Å². The van der Waals surface area contributed by atoms with Crippen molar-refractivity contribution in [2.24, 2.45) is 4.99 Å². The van der Waals surface area contributed by atoms with Crippen LogP contribution in [0.15, 0.2) is 47.6 Å². The van der Waals surface area contributed by atoms with Gasteiger partial charge < -0.3 is 9.80 Å². The fourth-order valence-electron chi connectivity index (χ4n) is 4.40. The van der Waals surface area contributed by atoms with Crippen molar-refractivity contribution >= 4 is 22.6 Å². The van der Waals surface area contributed by atoms with Crippen molar-refractivity contribution in [3.63, 3.8) is 0 Å². The molecule has 3 atom stereocenters. The summed E-state index contributed by atoms with van der Waals surface area (Å²) in [4.78, 5) is 14.0. The van der Waals surface area contributed by atoms with Gasteiger partial charge in [-0.1, -0.05) is 30.8 Å². The number of hydrogen-bond donors (Lipinski definition) is 0. The molecule has 27 heavy (non-hydrogen) atoms. The molecule has 1 aromatic heterocycles. The van der Waals surface area contributed by atoms with Crippen LogP contribution in [0.2, 0.25) is 0 Å². The topological polar surface area (TPSA) is 31.7 Å². The van der Waals surface area contributed by atoms with E-state index in [2.05, 4.69) is 27.8 Å². The minimum atomic E-state index is -0.123. The molecule has 2 saturated heterocycles. The molecule has 0 aliphatic carbocycles. The van der Waals surface area contributed by atoms with E-state index >= 15 is 0 Å². The van der Waals surface area contributed by atoms with Crippen LogP contribution >= 0.6 is 11.8 Å².